The van der Waals surface area contributed by atoms with Crippen LogP contribution < -0.4 is 9.47 Å². The van der Waals surface area contributed by atoms with Gasteiger partial charge in [-0.1, -0.05) is 30.3 Å². The minimum atomic E-state index is 0.237. The van der Waals surface area contributed by atoms with Gasteiger partial charge in [0.1, 0.15) is 0 Å². The lowest BCUT2D eigenvalue weighted by molar-refractivity contribution is 0.127. The van der Waals surface area contributed by atoms with E-state index in [1.165, 1.54) is 11.1 Å². The number of piperazine rings is 1. The number of nitrogens with zero attached hydrogens (tertiary/aromatic N) is 3. The number of hydrogen-bond acceptors (Lipinski definition) is 5. The second-order valence-corrected chi connectivity index (χ2v) is 7.71. The van der Waals surface area contributed by atoms with Gasteiger partial charge in [-0.2, -0.15) is 0 Å². The molecule has 0 amide bonds. The molecule has 0 N–H and O–H groups in total. The van der Waals surface area contributed by atoms with E-state index in [0.29, 0.717) is 0 Å². The average molecular weight is 404 g/mol. The van der Waals surface area contributed by atoms with Gasteiger partial charge in [0.05, 0.1) is 20.3 Å². The predicted molar refractivity (Wildman–Crippen MR) is 120 cm³/mol. The van der Waals surface area contributed by atoms with Gasteiger partial charge < -0.3 is 14.4 Å². The Bertz CT molecular complexity index is 952. The van der Waals surface area contributed by atoms with Crippen molar-refractivity contribution in [2.45, 2.75) is 6.04 Å². The summed E-state index contributed by atoms with van der Waals surface area (Å²) in [6.45, 7) is 4.29. The van der Waals surface area contributed by atoms with Crippen molar-refractivity contribution in [2.75, 3.05) is 47.4 Å². The first-order valence-corrected chi connectivity index (χ1v) is 10.3. The molecule has 0 saturated carbocycles. The number of ether oxygens (including phenoxy) is 2. The van der Waals surface area contributed by atoms with E-state index in [-0.39, 0.29) is 6.04 Å². The molecule has 1 aliphatic heterocycles. The zero-order valence-electron chi connectivity index (χ0n) is 17.9. The molecule has 2 aromatic carbocycles. The summed E-state index contributed by atoms with van der Waals surface area (Å²) >= 11 is 0. The molecule has 3 aromatic rings. The normalized spacial score (nSPS) is 16.2. The van der Waals surface area contributed by atoms with Crippen LogP contribution in [-0.4, -0.2) is 62.2 Å². The molecule has 1 aromatic heterocycles. The third kappa shape index (κ3) is 4.32. The summed E-state index contributed by atoms with van der Waals surface area (Å²) in [6.07, 6.45) is 3.77. The number of pyridine rings is 1. The highest BCUT2D eigenvalue weighted by Gasteiger charge is 2.25. The van der Waals surface area contributed by atoms with E-state index in [1.54, 1.807) is 14.2 Å². The summed E-state index contributed by atoms with van der Waals surface area (Å²) in [5.41, 5.74) is 4.86. The molecule has 1 aliphatic rings. The fourth-order valence-corrected chi connectivity index (χ4v) is 4.11. The molecule has 1 saturated heterocycles. The number of benzene rings is 2. The zero-order valence-corrected chi connectivity index (χ0v) is 17.9. The summed E-state index contributed by atoms with van der Waals surface area (Å²) < 4.78 is 10.8. The fraction of sp³-hybridized carbons (Fsp3) is 0.320. The number of likely N-dealkylation sites (N-methyl/N-ethyl adjacent to an activating group) is 1. The van der Waals surface area contributed by atoms with Crippen LogP contribution in [0.4, 0.5) is 0 Å². The van der Waals surface area contributed by atoms with Gasteiger partial charge in [0.25, 0.3) is 0 Å². The zero-order chi connectivity index (χ0) is 20.9. The summed E-state index contributed by atoms with van der Waals surface area (Å²) in [5.74, 6) is 1.48. The van der Waals surface area contributed by atoms with Gasteiger partial charge in [0.15, 0.2) is 11.5 Å². The third-order valence-electron chi connectivity index (χ3n) is 5.87. The Morgan fingerprint density at radius 2 is 1.33 bits per heavy atom. The first-order valence-electron chi connectivity index (χ1n) is 10.3. The minimum absolute atomic E-state index is 0.237. The first-order chi connectivity index (χ1) is 14.7. The molecule has 1 unspecified atom stereocenters. The molecule has 2 heterocycles. The van der Waals surface area contributed by atoms with E-state index < -0.39 is 0 Å². The van der Waals surface area contributed by atoms with Gasteiger partial charge in [0.2, 0.25) is 0 Å². The molecule has 0 aliphatic carbocycles. The van der Waals surface area contributed by atoms with Gasteiger partial charge in [-0.15, -0.1) is 0 Å². The summed E-state index contributed by atoms with van der Waals surface area (Å²) in [7, 11) is 5.51. The van der Waals surface area contributed by atoms with E-state index in [0.717, 1.165) is 48.8 Å². The van der Waals surface area contributed by atoms with Crippen LogP contribution in [-0.2, 0) is 0 Å². The Hall–Kier alpha value is -2.89. The van der Waals surface area contributed by atoms with Gasteiger partial charge in [-0.3, -0.25) is 9.88 Å². The number of aromatic nitrogens is 1. The molecule has 0 spiro atoms. The highest BCUT2D eigenvalue weighted by atomic mass is 16.5. The smallest absolute Gasteiger partial charge is 0.161 e. The Morgan fingerprint density at radius 3 is 1.97 bits per heavy atom. The van der Waals surface area contributed by atoms with Crippen LogP contribution in [0, 0.1) is 0 Å². The van der Waals surface area contributed by atoms with E-state index in [4.69, 9.17) is 9.47 Å². The maximum Gasteiger partial charge on any atom is 0.161 e. The van der Waals surface area contributed by atoms with Crippen LogP contribution in [0.15, 0.2) is 67.0 Å². The van der Waals surface area contributed by atoms with Gasteiger partial charge in [-0.05, 0) is 53.6 Å². The standard InChI is InChI=1S/C25H29N3O2/c1-27-14-16-28(17-15-27)25(21-10-12-26-13-11-21)20-6-4-19(5-7-20)22-8-9-23(29-2)24(18-22)30-3/h4-13,18,25H,14-17H2,1-3H3. The van der Waals surface area contributed by atoms with Crippen molar-refractivity contribution < 1.29 is 9.47 Å². The molecule has 30 heavy (non-hydrogen) atoms. The molecule has 1 fully saturated rings. The lowest BCUT2D eigenvalue weighted by atomic mass is 9.95. The average Bonchev–Trinajstić information content (AvgIpc) is 2.81. The van der Waals surface area contributed by atoms with Crippen molar-refractivity contribution >= 4 is 0 Å². The maximum absolute atomic E-state index is 5.46. The van der Waals surface area contributed by atoms with Crippen LogP contribution in [0.1, 0.15) is 17.2 Å². The molecular weight excluding hydrogens is 374 g/mol. The summed E-state index contributed by atoms with van der Waals surface area (Å²) in [6, 6.07) is 19.4. The fourth-order valence-electron chi connectivity index (χ4n) is 4.11. The second-order valence-electron chi connectivity index (χ2n) is 7.71. The number of rotatable bonds is 6. The Morgan fingerprint density at radius 1 is 0.733 bits per heavy atom. The number of methoxy groups -OCH3 is 2. The van der Waals surface area contributed by atoms with Crippen LogP contribution in [0.3, 0.4) is 0 Å². The molecule has 156 valence electrons. The van der Waals surface area contributed by atoms with Gasteiger partial charge in [-0.25, -0.2) is 0 Å². The van der Waals surface area contributed by atoms with Crippen molar-refractivity contribution in [1.82, 2.24) is 14.8 Å². The van der Waals surface area contributed by atoms with E-state index in [9.17, 15) is 0 Å². The third-order valence-corrected chi connectivity index (χ3v) is 5.87. The second kappa shape index (κ2) is 9.28. The van der Waals surface area contributed by atoms with E-state index in [1.807, 2.05) is 24.5 Å². The molecule has 0 bridgehead atoms. The Kier molecular flexibility index (Phi) is 6.31. The topological polar surface area (TPSA) is 37.8 Å². The summed E-state index contributed by atoms with van der Waals surface area (Å²) in [5, 5.41) is 0. The maximum atomic E-state index is 5.46. The van der Waals surface area contributed by atoms with Crippen molar-refractivity contribution in [3.63, 3.8) is 0 Å². The highest BCUT2D eigenvalue weighted by molar-refractivity contribution is 5.67. The van der Waals surface area contributed by atoms with Crippen molar-refractivity contribution in [3.8, 4) is 22.6 Å². The molecule has 4 rings (SSSR count). The van der Waals surface area contributed by atoms with Crippen LogP contribution >= 0.6 is 0 Å². The van der Waals surface area contributed by atoms with Crippen molar-refractivity contribution in [1.29, 1.82) is 0 Å². The molecular formula is C25H29N3O2. The highest BCUT2D eigenvalue weighted by Crippen LogP contribution is 2.34. The van der Waals surface area contributed by atoms with Crippen molar-refractivity contribution in [2.24, 2.45) is 0 Å². The Labute approximate surface area is 178 Å². The number of hydrogen-bond donors (Lipinski definition) is 0. The predicted octanol–water partition coefficient (Wildman–Crippen LogP) is 4.10. The van der Waals surface area contributed by atoms with E-state index in [2.05, 4.69) is 64.3 Å². The SMILES string of the molecule is COc1ccc(-c2ccc(C(c3ccncc3)N3CCN(C)CC3)cc2)cc1OC. The first kappa shape index (κ1) is 20.4. The molecule has 0 radical (unpaired) electrons. The van der Waals surface area contributed by atoms with Crippen LogP contribution in [0.2, 0.25) is 0 Å². The van der Waals surface area contributed by atoms with E-state index >= 15 is 0 Å². The monoisotopic (exact) mass is 403 g/mol. The van der Waals surface area contributed by atoms with Crippen LogP contribution in [0.25, 0.3) is 11.1 Å². The van der Waals surface area contributed by atoms with Gasteiger partial charge >= 0.3 is 0 Å². The Balaban J connectivity index is 1.64. The quantitative estimate of drug-likeness (QED) is 0.619. The van der Waals surface area contributed by atoms with Crippen molar-refractivity contribution in [3.05, 3.63) is 78.1 Å². The minimum Gasteiger partial charge on any atom is -0.493 e. The molecule has 1 atom stereocenters. The van der Waals surface area contributed by atoms with Crippen LogP contribution in [0.5, 0.6) is 11.5 Å². The molecule has 5 heteroatoms. The molecule has 5 nitrogen and oxygen atoms in total. The van der Waals surface area contributed by atoms with Gasteiger partial charge in [0, 0.05) is 38.6 Å². The lowest BCUT2D eigenvalue weighted by Crippen LogP contribution is -2.46. The summed E-state index contributed by atoms with van der Waals surface area (Å²) in [4.78, 5) is 9.17. The lowest BCUT2D eigenvalue weighted by Gasteiger charge is -2.38. The largest absolute Gasteiger partial charge is 0.493 e.